The molecule has 1 aliphatic rings. The molecule has 0 saturated carbocycles. The molecule has 0 bridgehead atoms. The summed E-state index contributed by atoms with van der Waals surface area (Å²) in [6.07, 6.45) is 5.37. The molecule has 0 aliphatic carbocycles. The summed E-state index contributed by atoms with van der Waals surface area (Å²) < 4.78 is 0. The van der Waals surface area contributed by atoms with Crippen LogP contribution in [0.2, 0.25) is 0 Å². The molecule has 2 atom stereocenters. The highest BCUT2D eigenvalue weighted by atomic mass is 32.2. The number of nitrogens with one attached hydrogen (secondary N) is 1. The van der Waals surface area contributed by atoms with Crippen LogP contribution in [0.5, 0.6) is 0 Å². The van der Waals surface area contributed by atoms with Crippen molar-refractivity contribution in [2.45, 2.75) is 57.7 Å². The zero-order valence-electron chi connectivity index (χ0n) is 12.5. The Morgan fingerprint density at radius 2 is 1.95 bits per heavy atom. The van der Waals surface area contributed by atoms with E-state index in [9.17, 15) is 0 Å². The summed E-state index contributed by atoms with van der Waals surface area (Å²) in [5.74, 6) is 1.35. The van der Waals surface area contributed by atoms with Crippen molar-refractivity contribution in [1.82, 2.24) is 5.32 Å². The van der Waals surface area contributed by atoms with Crippen molar-refractivity contribution >= 4 is 11.8 Å². The van der Waals surface area contributed by atoms with E-state index in [0.717, 1.165) is 11.8 Å². The summed E-state index contributed by atoms with van der Waals surface area (Å²) >= 11 is 2.18. The Balaban J connectivity index is 2.06. The lowest BCUT2D eigenvalue weighted by Crippen LogP contribution is -2.41. The summed E-state index contributed by atoms with van der Waals surface area (Å²) in [5.41, 5.74) is 4.28. The zero-order chi connectivity index (χ0) is 13.7. The number of rotatable bonds is 5. The van der Waals surface area contributed by atoms with Crippen LogP contribution in [0.1, 0.15) is 42.9 Å². The molecule has 2 rings (SSSR count). The highest BCUT2D eigenvalue weighted by Gasteiger charge is 2.23. The molecule has 0 amide bonds. The Bertz CT molecular complexity index is 376. The van der Waals surface area contributed by atoms with Gasteiger partial charge in [-0.1, -0.05) is 42.7 Å². The van der Waals surface area contributed by atoms with Crippen molar-refractivity contribution in [3.8, 4) is 0 Å². The Hall–Kier alpha value is -0.470. The molecule has 2 unspecified atom stereocenters. The molecule has 1 saturated heterocycles. The Kier molecular flexibility index (Phi) is 5.77. The number of benzene rings is 1. The van der Waals surface area contributed by atoms with Crippen molar-refractivity contribution < 1.29 is 0 Å². The summed E-state index contributed by atoms with van der Waals surface area (Å²) in [5, 5.41) is 4.52. The van der Waals surface area contributed by atoms with Gasteiger partial charge in [0.1, 0.15) is 0 Å². The van der Waals surface area contributed by atoms with Crippen LogP contribution in [0.15, 0.2) is 18.2 Å². The lowest BCUT2D eigenvalue weighted by molar-refractivity contribution is 0.472. The number of hydrogen-bond donors (Lipinski definition) is 1. The van der Waals surface area contributed by atoms with Crippen LogP contribution in [0, 0.1) is 13.8 Å². The summed E-state index contributed by atoms with van der Waals surface area (Å²) in [4.78, 5) is 0. The van der Waals surface area contributed by atoms with E-state index in [1.165, 1.54) is 48.1 Å². The maximum Gasteiger partial charge on any atom is 0.0226 e. The largest absolute Gasteiger partial charge is 0.313 e. The Morgan fingerprint density at radius 3 is 2.53 bits per heavy atom. The molecule has 0 radical (unpaired) electrons. The van der Waals surface area contributed by atoms with Gasteiger partial charge in [0.25, 0.3) is 0 Å². The van der Waals surface area contributed by atoms with E-state index in [0.29, 0.717) is 6.04 Å². The van der Waals surface area contributed by atoms with E-state index in [1.54, 1.807) is 0 Å². The molecular weight excluding hydrogens is 250 g/mol. The lowest BCUT2D eigenvalue weighted by atomic mass is 9.97. The summed E-state index contributed by atoms with van der Waals surface area (Å²) in [6, 6.07) is 7.60. The Labute approximate surface area is 122 Å². The van der Waals surface area contributed by atoms with Gasteiger partial charge in [-0.3, -0.25) is 0 Å². The molecule has 2 heteroatoms. The van der Waals surface area contributed by atoms with Crippen LogP contribution in [0.3, 0.4) is 0 Å². The quantitative estimate of drug-likeness (QED) is 0.869. The number of likely N-dealkylation sites (N-methyl/N-ethyl adjacent to an activating group) is 1. The van der Waals surface area contributed by atoms with Crippen molar-refractivity contribution in [3.63, 3.8) is 0 Å². The molecule has 106 valence electrons. The van der Waals surface area contributed by atoms with Crippen molar-refractivity contribution in [2.24, 2.45) is 0 Å². The second kappa shape index (κ2) is 7.35. The topological polar surface area (TPSA) is 12.0 Å². The van der Waals surface area contributed by atoms with Gasteiger partial charge in [-0.2, -0.15) is 11.8 Å². The molecule has 1 nitrogen and oxygen atoms in total. The molecule has 0 aromatic heterocycles. The van der Waals surface area contributed by atoms with Gasteiger partial charge in [-0.05, 0) is 51.0 Å². The minimum atomic E-state index is 0.636. The molecule has 1 aromatic carbocycles. The van der Waals surface area contributed by atoms with E-state index in [-0.39, 0.29) is 0 Å². The molecule has 1 aromatic rings. The fraction of sp³-hybridized carbons (Fsp3) is 0.647. The summed E-state index contributed by atoms with van der Waals surface area (Å²) in [6.45, 7) is 7.71. The first-order chi connectivity index (χ1) is 9.19. The second-order valence-corrected chi connectivity index (χ2v) is 7.12. The van der Waals surface area contributed by atoms with Crippen LogP contribution < -0.4 is 5.32 Å². The standard InChI is InChI=1S/C17H27NS/c1-4-18-16(17-7-5-6-8-19-17)12-15-10-13(2)9-14(3)11-15/h9-11,16-18H,4-8,12H2,1-3H3. The average molecular weight is 277 g/mol. The Morgan fingerprint density at radius 1 is 1.21 bits per heavy atom. The van der Waals surface area contributed by atoms with Gasteiger partial charge >= 0.3 is 0 Å². The maximum atomic E-state index is 3.72. The van der Waals surface area contributed by atoms with Crippen molar-refractivity contribution in [2.75, 3.05) is 12.3 Å². The highest BCUT2D eigenvalue weighted by molar-refractivity contribution is 8.00. The van der Waals surface area contributed by atoms with Crippen LogP contribution in [-0.4, -0.2) is 23.6 Å². The van der Waals surface area contributed by atoms with Gasteiger partial charge in [0.15, 0.2) is 0 Å². The number of hydrogen-bond acceptors (Lipinski definition) is 2. The SMILES string of the molecule is CCNC(Cc1cc(C)cc(C)c1)C1CCCCS1. The van der Waals surface area contributed by atoms with Gasteiger partial charge in [0.05, 0.1) is 0 Å². The first-order valence-corrected chi connectivity index (χ1v) is 8.66. The van der Waals surface area contributed by atoms with Crippen LogP contribution in [0.25, 0.3) is 0 Å². The van der Waals surface area contributed by atoms with Crippen molar-refractivity contribution in [3.05, 3.63) is 34.9 Å². The highest BCUT2D eigenvalue weighted by Crippen LogP contribution is 2.29. The number of aryl methyl sites for hydroxylation is 2. The van der Waals surface area contributed by atoms with E-state index in [2.05, 4.69) is 56.0 Å². The van der Waals surface area contributed by atoms with Crippen LogP contribution in [0.4, 0.5) is 0 Å². The molecule has 0 spiro atoms. The van der Waals surface area contributed by atoms with E-state index in [1.807, 2.05) is 0 Å². The predicted octanol–water partition coefficient (Wildman–Crippen LogP) is 4.11. The van der Waals surface area contributed by atoms with Gasteiger partial charge in [-0.25, -0.2) is 0 Å². The monoisotopic (exact) mass is 277 g/mol. The number of thioether (sulfide) groups is 1. The van der Waals surface area contributed by atoms with Crippen molar-refractivity contribution in [1.29, 1.82) is 0 Å². The van der Waals surface area contributed by atoms with Gasteiger partial charge in [-0.15, -0.1) is 0 Å². The third-order valence-corrected chi connectivity index (χ3v) is 5.38. The predicted molar refractivity (Wildman–Crippen MR) is 87.2 cm³/mol. The molecule has 1 heterocycles. The minimum Gasteiger partial charge on any atom is -0.313 e. The zero-order valence-corrected chi connectivity index (χ0v) is 13.4. The molecule has 1 aliphatic heterocycles. The van der Waals surface area contributed by atoms with Gasteiger partial charge in [0, 0.05) is 11.3 Å². The van der Waals surface area contributed by atoms with E-state index in [4.69, 9.17) is 0 Å². The average Bonchev–Trinajstić information content (AvgIpc) is 2.38. The van der Waals surface area contributed by atoms with Crippen LogP contribution in [-0.2, 0) is 6.42 Å². The van der Waals surface area contributed by atoms with E-state index < -0.39 is 0 Å². The normalized spacial score (nSPS) is 21.3. The van der Waals surface area contributed by atoms with Gasteiger partial charge in [0.2, 0.25) is 0 Å². The maximum absolute atomic E-state index is 3.72. The second-order valence-electron chi connectivity index (χ2n) is 5.77. The first kappa shape index (κ1) is 14.9. The molecule has 19 heavy (non-hydrogen) atoms. The summed E-state index contributed by atoms with van der Waals surface area (Å²) in [7, 11) is 0. The lowest BCUT2D eigenvalue weighted by Gasteiger charge is -2.30. The van der Waals surface area contributed by atoms with Crippen LogP contribution >= 0.6 is 11.8 Å². The molecule has 1 N–H and O–H groups in total. The molecule has 1 fully saturated rings. The minimum absolute atomic E-state index is 0.636. The third kappa shape index (κ3) is 4.54. The smallest absolute Gasteiger partial charge is 0.0226 e. The van der Waals surface area contributed by atoms with E-state index >= 15 is 0 Å². The van der Waals surface area contributed by atoms with Gasteiger partial charge < -0.3 is 5.32 Å². The molecular formula is C17H27NS. The fourth-order valence-electron chi connectivity index (χ4n) is 3.12. The fourth-order valence-corrected chi connectivity index (χ4v) is 4.55. The first-order valence-electron chi connectivity index (χ1n) is 7.61. The third-order valence-electron chi connectivity index (χ3n) is 3.87.